The maximum absolute atomic E-state index is 12.0. The van der Waals surface area contributed by atoms with Crippen LogP contribution < -0.4 is 10.6 Å². The average molecular weight is 317 g/mol. The summed E-state index contributed by atoms with van der Waals surface area (Å²) in [5.74, 6) is 0. The molecule has 1 aromatic rings. The highest BCUT2D eigenvalue weighted by Gasteiger charge is 2.26. The minimum atomic E-state index is -4.26. The molecule has 0 aliphatic heterocycles. The van der Waals surface area contributed by atoms with Crippen molar-refractivity contribution in [2.24, 2.45) is 0 Å². The lowest BCUT2D eigenvalue weighted by Crippen LogP contribution is -2.45. The van der Waals surface area contributed by atoms with Crippen LogP contribution in [0.1, 0.15) is 12.0 Å². The number of benzene rings is 1. The van der Waals surface area contributed by atoms with Crippen LogP contribution in [0.4, 0.5) is 18.0 Å². The van der Waals surface area contributed by atoms with E-state index in [1.165, 1.54) is 0 Å². The lowest BCUT2D eigenvalue weighted by atomic mass is 10.1. The van der Waals surface area contributed by atoms with Gasteiger partial charge in [-0.2, -0.15) is 13.2 Å². The Hall–Kier alpha value is -1.76. The second-order valence-corrected chi connectivity index (χ2v) is 5.31. The van der Waals surface area contributed by atoms with Gasteiger partial charge in [0.1, 0.15) is 0 Å². The summed E-state index contributed by atoms with van der Waals surface area (Å²) < 4.78 is 36.0. The number of halogens is 3. The maximum Gasteiger partial charge on any atom is 0.390 e. The third-order valence-electron chi connectivity index (χ3n) is 3.24. The number of carbonyl (C=O) groups excluding carboxylic acids is 1. The zero-order valence-corrected chi connectivity index (χ0v) is 12.8. The van der Waals surface area contributed by atoms with Crippen LogP contribution in [-0.2, 0) is 6.42 Å². The normalized spacial score (nSPS) is 13.0. The molecule has 0 saturated heterocycles. The van der Waals surface area contributed by atoms with Gasteiger partial charge in [-0.25, -0.2) is 4.79 Å². The summed E-state index contributed by atoms with van der Waals surface area (Å²) in [6, 6.07) is 9.30. The molecule has 0 bridgehead atoms. The quantitative estimate of drug-likeness (QED) is 0.811. The number of rotatable bonds is 7. The molecule has 0 aromatic heterocycles. The third kappa shape index (κ3) is 7.87. The van der Waals surface area contributed by atoms with Crippen LogP contribution in [0.5, 0.6) is 0 Å². The molecule has 2 N–H and O–H groups in total. The van der Waals surface area contributed by atoms with E-state index in [4.69, 9.17) is 0 Å². The number of hydrogen-bond acceptors (Lipinski definition) is 2. The molecule has 1 aromatic carbocycles. The highest BCUT2D eigenvalue weighted by molar-refractivity contribution is 5.73. The molecular formula is C15H22F3N3O. The van der Waals surface area contributed by atoms with Crippen LogP contribution in [0.15, 0.2) is 30.3 Å². The fourth-order valence-electron chi connectivity index (χ4n) is 1.91. The van der Waals surface area contributed by atoms with Gasteiger partial charge in [0.15, 0.2) is 0 Å². The summed E-state index contributed by atoms with van der Waals surface area (Å²) in [6.07, 6.45) is -4.54. The molecule has 4 nitrogen and oxygen atoms in total. The van der Waals surface area contributed by atoms with Crippen LogP contribution in [0.2, 0.25) is 0 Å². The maximum atomic E-state index is 12.0. The van der Waals surface area contributed by atoms with E-state index in [0.29, 0.717) is 6.54 Å². The summed E-state index contributed by atoms with van der Waals surface area (Å²) in [4.78, 5) is 13.5. The van der Waals surface area contributed by atoms with Gasteiger partial charge < -0.3 is 15.5 Å². The van der Waals surface area contributed by atoms with Crippen molar-refractivity contribution in [2.45, 2.75) is 25.1 Å². The molecule has 124 valence electrons. The molecule has 1 unspecified atom stereocenters. The Morgan fingerprint density at radius 3 is 2.36 bits per heavy atom. The number of hydrogen-bond donors (Lipinski definition) is 2. The van der Waals surface area contributed by atoms with Gasteiger partial charge in [-0.15, -0.1) is 0 Å². The summed E-state index contributed by atoms with van der Waals surface area (Å²) >= 11 is 0. The molecular weight excluding hydrogens is 295 g/mol. The fourth-order valence-corrected chi connectivity index (χ4v) is 1.91. The van der Waals surface area contributed by atoms with Crippen molar-refractivity contribution in [3.8, 4) is 0 Å². The fraction of sp³-hybridized carbons (Fsp3) is 0.533. The van der Waals surface area contributed by atoms with Crippen molar-refractivity contribution >= 4 is 6.03 Å². The molecule has 0 heterocycles. The molecule has 22 heavy (non-hydrogen) atoms. The van der Waals surface area contributed by atoms with Gasteiger partial charge in [-0.05, 0) is 26.1 Å². The zero-order valence-electron chi connectivity index (χ0n) is 12.8. The second kappa shape index (κ2) is 8.63. The minimum Gasteiger partial charge on any atom is -0.338 e. The predicted octanol–water partition coefficient (Wildman–Crippen LogP) is 2.41. The first kappa shape index (κ1) is 18.3. The first-order valence-electron chi connectivity index (χ1n) is 7.07. The Morgan fingerprint density at radius 1 is 1.18 bits per heavy atom. The van der Waals surface area contributed by atoms with Gasteiger partial charge in [0.2, 0.25) is 0 Å². The highest BCUT2D eigenvalue weighted by atomic mass is 19.4. The van der Waals surface area contributed by atoms with E-state index in [0.717, 1.165) is 12.0 Å². The monoisotopic (exact) mass is 317 g/mol. The van der Waals surface area contributed by atoms with Crippen molar-refractivity contribution < 1.29 is 18.0 Å². The molecule has 1 atom stereocenters. The number of carbonyl (C=O) groups is 1. The highest BCUT2D eigenvalue weighted by Crippen LogP contribution is 2.18. The Labute approximate surface area is 128 Å². The SMILES string of the molecule is CN(C)C(CNC(=O)NCCC(F)(F)F)Cc1ccccc1. The number of alkyl halides is 3. The van der Waals surface area contributed by atoms with Gasteiger partial charge in [-0.1, -0.05) is 30.3 Å². The molecule has 0 radical (unpaired) electrons. The van der Waals surface area contributed by atoms with E-state index >= 15 is 0 Å². The molecule has 0 aliphatic rings. The van der Waals surface area contributed by atoms with Crippen LogP contribution in [0.25, 0.3) is 0 Å². The Kier molecular flexibility index (Phi) is 7.17. The predicted molar refractivity (Wildman–Crippen MR) is 79.7 cm³/mol. The van der Waals surface area contributed by atoms with Gasteiger partial charge in [0.25, 0.3) is 0 Å². The summed E-state index contributed by atoms with van der Waals surface area (Å²) in [6.45, 7) is -0.0552. The molecule has 7 heteroatoms. The van der Waals surface area contributed by atoms with E-state index in [1.54, 1.807) is 0 Å². The third-order valence-corrected chi connectivity index (χ3v) is 3.24. The van der Waals surface area contributed by atoms with Crippen molar-refractivity contribution in [1.82, 2.24) is 15.5 Å². The Balaban J connectivity index is 2.36. The van der Waals surface area contributed by atoms with Gasteiger partial charge in [0, 0.05) is 19.1 Å². The largest absolute Gasteiger partial charge is 0.390 e. The lowest BCUT2D eigenvalue weighted by Gasteiger charge is -2.25. The number of likely N-dealkylation sites (N-methyl/N-ethyl adjacent to an activating group) is 1. The van der Waals surface area contributed by atoms with Crippen LogP contribution in [0.3, 0.4) is 0 Å². The minimum absolute atomic E-state index is 0.0655. The van der Waals surface area contributed by atoms with Crippen LogP contribution >= 0.6 is 0 Å². The van der Waals surface area contributed by atoms with Crippen molar-refractivity contribution in [2.75, 3.05) is 27.2 Å². The summed E-state index contributed by atoms with van der Waals surface area (Å²) in [5.41, 5.74) is 1.14. The topological polar surface area (TPSA) is 44.4 Å². The molecule has 0 fully saturated rings. The standard InChI is InChI=1S/C15H22F3N3O/c1-21(2)13(10-12-6-4-3-5-7-12)11-20-14(22)19-9-8-15(16,17)18/h3-7,13H,8-11H2,1-2H3,(H2,19,20,22). The molecule has 0 spiro atoms. The number of urea groups is 1. The number of nitrogens with one attached hydrogen (secondary N) is 2. The van der Waals surface area contributed by atoms with Gasteiger partial charge in [-0.3, -0.25) is 0 Å². The second-order valence-electron chi connectivity index (χ2n) is 5.31. The zero-order chi connectivity index (χ0) is 16.6. The first-order chi connectivity index (χ1) is 10.3. The van der Waals surface area contributed by atoms with E-state index in [2.05, 4.69) is 10.6 Å². The number of nitrogens with zero attached hydrogens (tertiary/aromatic N) is 1. The number of amides is 2. The van der Waals surface area contributed by atoms with E-state index in [1.807, 2.05) is 49.3 Å². The van der Waals surface area contributed by atoms with Crippen molar-refractivity contribution in [1.29, 1.82) is 0 Å². The Bertz CT molecular complexity index is 449. The summed E-state index contributed by atoms with van der Waals surface area (Å²) in [7, 11) is 3.80. The molecule has 1 rings (SSSR count). The summed E-state index contributed by atoms with van der Waals surface area (Å²) in [5, 5.41) is 4.82. The van der Waals surface area contributed by atoms with Crippen LogP contribution in [-0.4, -0.2) is 50.3 Å². The van der Waals surface area contributed by atoms with Gasteiger partial charge in [0.05, 0.1) is 6.42 Å². The van der Waals surface area contributed by atoms with Crippen molar-refractivity contribution in [3.63, 3.8) is 0 Å². The van der Waals surface area contributed by atoms with E-state index < -0.39 is 25.2 Å². The lowest BCUT2D eigenvalue weighted by molar-refractivity contribution is -0.132. The average Bonchev–Trinajstić information content (AvgIpc) is 2.42. The smallest absolute Gasteiger partial charge is 0.338 e. The van der Waals surface area contributed by atoms with E-state index in [9.17, 15) is 18.0 Å². The van der Waals surface area contributed by atoms with Crippen molar-refractivity contribution in [3.05, 3.63) is 35.9 Å². The molecule has 0 saturated carbocycles. The van der Waals surface area contributed by atoms with E-state index in [-0.39, 0.29) is 6.04 Å². The van der Waals surface area contributed by atoms with Gasteiger partial charge >= 0.3 is 12.2 Å². The first-order valence-corrected chi connectivity index (χ1v) is 7.07. The Morgan fingerprint density at radius 2 is 1.82 bits per heavy atom. The molecule has 0 aliphatic carbocycles. The molecule has 2 amide bonds. The van der Waals surface area contributed by atoms with Crippen LogP contribution in [0, 0.1) is 0 Å².